The van der Waals surface area contributed by atoms with Crippen molar-refractivity contribution in [3.63, 3.8) is 0 Å². The second kappa shape index (κ2) is 4.19. The summed E-state index contributed by atoms with van der Waals surface area (Å²) in [6.45, 7) is 1.70. The van der Waals surface area contributed by atoms with Crippen LogP contribution in [0.25, 0.3) is 0 Å². The molecule has 1 aromatic carbocycles. The first-order valence-electron chi connectivity index (χ1n) is 4.08. The van der Waals surface area contributed by atoms with Crippen LogP contribution in [0.3, 0.4) is 0 Å². The van der Waals surface area contributed by atoms with Crippen molar-refractivity contribution in [3.05, 3.63) is 29.8 Å². The zero-order valence-electron chi connectivity index (χ0n) is 7.60. The largest absolute Gasteiger partial charge is 0.508 e. The highest BCUT2D eigenvalue weighted by Crippen LogP contribution is 2.21. The van der Waals surface area contributed by atoms with Gasteiger partial charge in [0.1, 0.15) is 10.6 Å². The predicted octanol–water partition coefficient (Wildman–Crippen LogP) is 1.95. The number of carboxylic acids is 1. The minimum Gasteiger partial charge on any atom is -0.508 e. The monoisotopic (exact) mass is 210 g/mol. The molecule has 0 aliphatic carbocycles. The quantitative estimate of drug-likeness (QED) is 0.749. The molecule has 14 heavy (non-hydrogen) atoms. The van der Waals surface area contributed by atoms with Gasteiger partial charge in [0, 0.05) is 5.92 Å². The first-order valence-corrected chi connectivity index (χ1v) is 4.49. The molecule has 1 rings (SSSR count). The van der Waals surface area contributed by atoms with E-state index in [4.69, 9.17) is 17.3 Å². The fourth-order valence-electron chi connectivity index (χ4n) is 1.13. The number of hydrogen-bond acceptors (Lipinski definition) is 3. The third-order valence-electron chi connectivity index (χ3n) is 1.97. The smallest absolute Gasteiger partial charge is 0.343 e. The average Bonchev–Trinajstić information content (AvgIpc) is 2.15. The summed E-state index contributed by atoms with van der Waals surface area (Å²) in [5.74, 6) is -1.34. The summed E-state index contributed by atoms with van der Waals surface area (Å²) in [5.41, 5.74) is 0.706. The van der Waals surface area contributed by atoms with E-state index in [2.05, 4.69) is 0 Å². The van der Waals surface area contributed by atoms with E-state index < -0.39 is 5.97 Å². The Morgan fingerprint density at radius 3 is 2.64 bits per heavy atom. The molecule has 2 N–H and O–H groups in total. The molecule has 0 saturated heterocycles. The molecule has 0 amide bonds. The van der Waals surface area contributed by atoms with E-state index >= 15 is 0 Å². The van der Waals surface area contributed by atoms with Gasteiger partial charge in [-0.25, -0.2) is 4.79 Å². The van der Waals surface area contributed by atoms with Gasteiger partial charge < -0.3 is 10.2 Å². The van der Waals surface area contributed by atoms with Gasteiger partial charge in [-0.1, -0.05) is 31.3 Å². The lowest BCUT2D eigenvalue weighted by molar-refractivity contribution is -0.129. The van der Waals surface area contributed by atoms with Crippen LogP contribution in [0.1, 0.15) is 18.4 Å². The third kappa shape index (κ3) is 2.29. The molecule has 0 spiro atoms. The van der Waals surface area contributed by atoms with Crippen LogP contribution in [0.2, 0.25) is 0 Å². The van der Waals surface area contributed by atoms with Crippen molar-refractivity contribution in [1.29, 1.82) is 0 Å². The fourth-order valence-corrected chi connectivity index (χ4v) is 1.27. The second-order valence-corrected chi connectivity index (χ2v) is 3.43. The fraction of sp³-hybridized carbons (Fsp3) is 0.200. The van der Waals surface area contributed by atoms with Crippen LogP contribution in [0.15, 0.2) is 24.3 Å². The zero-order chi connectivity index (χ0) is 10.7. The van der Waals surface area contributed by atoms with Crippen LogP contribution in [0.4, 0.5) is 0 Å². The molecule has 1 unspecified atom stereocenters. The van der Waals surface area contributed by atoms with E-state index in [9.17, 15) is 9.90 Å². The molecule has 1 atom stereocenters. The normalized spacial score (nSPS) is 12.1. The van der Waals surface area contributed by atoms with Crippen LogP contribution < -0.4 is 0 Å². The van der Waals surface area contributed by atoms with Gasteiger partial charge in [0.25, 0.3) is 0 Å². The summed E-state index contributed by atoms with van der Waals surface area (Å²) in [4.78, 5) is 10.5. The van der Waals surface area contributed by atoms with E-state index in [0.717, 1.165) is 0 Å². The number of phenolic OH excluding ortho intramolecular Hbond substituents is 1. The van der Waals surface area contributed by atoms with Crippen LogP contribution in [-0.4, -0.2) is 21.0 Å². The molecular weight excluding hydrogens is 200 g/mol. The number of benzene rings is 1. The highest BCUT2D eigenvalue weighted by Gasteiger charge is 2.17. The zero-order valence-corrected chi connectivity index (χ0v) is 8.41. The molecule has 0 saturated carbocycles. The molecule has 74 valence electrons. The summed E-state index contributed by atoms with van der Waals surface area (Å²) in [5, 5.41) is 17.9. The number of carbonyl (C=O) groups is 1. The summed E-state index contributed by atoms with van der Waals surface area (Å²) in [7, 11) is 0. The van der Waals surface area contributed by atoms with Crippen LogP contribution in [0.5, 0.6) is 5.75 Å². The average molecular weight is 210 g/mol. The van der Waals surface area contributed by atoms with Gasteiger partial charge in [-0.15, -0.1) is 0 Å². The van der Waals surface area contributed by atoms with Crippen molar-refractivity contribution in [2.24, 2.45) is 0 Å². The van der Waals surface area contributed by atoms with E-state index in [1.54, 1.807) is 19.1 Å². The van der Waals surface area contributed by atoms with E-state index in [1.807, 2.05) is 0 Å². The number of aliphatic carboxylic acids is 1. The van der Waals surface area contributed by atoms with Crippen molar-refractivity contribution < 1.29 is 15.0 Å². The topological polar surface area (TPSA) is 57.5 Å². The lowest BCUT2D eigenvalue weighted by Crippen LogP contribution is -2.17. The minimum absolute atomic E-state index is 0.0457. The molecule has 0 fully saturated rings. The van der Waals surface area contributed by atoms with Gasteiger partial charge in [0.15, 0.2) is 0 Å². The van der Waals surface area contributed by atoms with E-state index in [0.29, 0.717) is 5.56 Å². The molecule has 0 aliphatic heterocycles. The number of aromatic hydroxyl groups is 1. The van der Waals surface area contributed by atoms with Gasteiger partial charge in [-0.05, 0) is 17.7 Å². The maximum absolute atomic E-state index is 10.6. The van der Waals surface area contributed by atoms with Crippen molar-refractivity contribution in [2.75, 3.05) is 0 Å². The molecule has 0 radical (unpaired) electrons. The standard InChI is InChI=1S/C10H10O3S/c1-6(9(14)10(12)13)7-3-2-4-8(11)5-7/h2-6,11H,1H3,(H,12,13). The van der Waals surface area contributed by atoms with Crippen molar-refractivity contribution in [1.82, 2.24) is 0 Å². The molecule has 0 aliphatic rings. The van der Waals surface area contributed by atoms with Crippen LogP contribution in [0, 0.1) is 0 Å². The Hall–Kier alpha value is -1.42. The Kier molecular flexibility index (Phi) is 3.19. The van der Waals surface area contributed by atoms with Crippen LogP contribution >= 0.6 is 12.2 Å². The maximum atomic E-state index is 10.6. The lowest BCUT2D eigenvalue weighted by atomic mass is 9.97. The summed E-state index contributed by atoms with van der Waals surface area (Å²) < 4.78 is 0. The molecule has 3 nitrogen and oxygen atoms in total. The van der Waals surface area contributed by atoms with Crippen molar-refractivity contribution in [2.45, 2.75) is 12.8 Å². The SMILES string of the molecule is CC(C(=S)C(=O)O)c1cccc(O)c1. The van der Waals surface area contributed by atoms with E-state index in [-0.39, 0.29) is 16.5 Å². The second-order valence-electron chi connectivity index (χ2n) is 2.99. The Labute approximate surface area is 87.0 Å². The number of carboxylic acid groups (broad SMARTS) is 1. The van der Waals surface area contributed by atoms with Gasteiger partial charge in [-0.3, -0.25) is 0 Å². The molecule has 0 heterocycles. The van der Waals surface area contributed by atoms with Crippen LogP contribution in [-0.2, 0) is 4.79 Å². The van der Waals surface area contributed by atoms with Gasteiger partial charge in [0.05, 0.1) is 0 Å². The minimum atomic E-state index is -1.09. The number of thiocarbonyl (C=S) groups is 1. The summed E-state index contributed by atoms with van der Waals surface area (Å²) in [6.07, 6.45) is 0. The third-order valence-corrected chi connectivity index (χ3v) is 2.50. The Morgan fingerprint density at radius 2 is 2.14 bits per heavy atom. The number of hydrogen-bond donors (Lipinski definition) is 2. The molecule has 4 heteroatoms. The molecule has 0 bridgehead atoms. The molecule has 0 aromatic heterocycles. The maximum Gasteiger partial charge on any atom is 0.343 e. The number of phenols is 1. The molecular formula is C10H10O3S. The number of rotatable bonds is 3. The Bertz CT molecular complexity index is 373. The van der Waals surface area contributed by atoms with Gasteiger partial charge >= 0.3 is 5.97 Å². The first-order chi connectivity index (χ1) is 6.52. The van der Waals surface area contributed by atoms with Crippen molar-refractivity contribution in [3.8, 4) is 5.75 Å². The molecule has 1 aromatic rings. The van der Waals surface area contributed by atoms with Gasteiger partial charge in [0.2, 0.25) is 0 Å². The predicted molar refractivity (Wildman–Crippen MR) is 56.8 cm³/mol. The summed E-state index contributed by atoms with van der Waals surface area (Å²) in [6, 6.07) is 6.44. The Balaban J connectivity index is 2.95. The highest BCUT2D eigenvalue weighted by molar-refractivity contribution is 7.82. The summed E-state index contributed by atoms with van der Waals surface area (Å²) >= 11 is 4.74. The van der Waals surface area contributed by atoms with E-state index in [1.165, 1.54) is 12.1 Å². The first kappa shape index (κ1) is 10.7. The lowest BCUT2D eigenvalue weighted by Gasteiger charge is -2.09. The van der Waals surface area contributed by atoms with Gasteiger partial charge in [-0.2, -0.15) is 0 Å². The highest BCUT2D eigenvalue weighted by atomic mass is 32.1. The van der Waals surface area contributed by atoms with Crippen molar-refractivity contribution >= 4 is 23.1 Å². The Morgan fingerprint density at radius 1 is 1.50 bits per heavy atom.